The standard InChI is InChI=1S/C11H12F3NO2.ClH/c1-17-11(16)4-7(15)2-6-3-9(13)10(14)5-8(6)12;/h3,5,7H,2,4,15H2,1H3;1H/t7-;/m1./s1. The highest BCUT2D eigenvalue weighted by molar-refractivity contribution is 5.85. The first-order valence-corrected chi connectivity index (χ1v) is 4.90. The van der Waals surface area contributed by atoms with Crippen LogP contribution in [0.1, 0.15) is 12.0 Å². The minimum absolute atomic E-state index is 0. The largest absolute Gasteiger partial charge is 0.469 e. The van der Waals surface area contributed by atoms with Gasteiger partial charge in [0.25, 0.3) is 0 Å². The van der Waals surface area contributed by atoms with Gasteiger partial charge >= 0.3 is 5.97 Å². The van der Waals surface area contributed by atoms with Crippen molar-refractivity contribution in [2.75, 3.05) is 7.11 Å². The van der Waals surface area contributed by atoms with E-state index in [1.54, 1.807) is 0 Å². The molecule has 1 rings (SSSR count). The van der Waals surface area contributed by atoms with Gasteiger partial charge in [-0.1, -0.05) is 0 Å². The molecule has 0 spiro atoms. The Balaban J connectivity index is 0.00000289. The lowest BCUT2D eigenvalue weighted by atomic mass is 10.0. The van der Waals surface area contributed by atoms with Crippen molar-refractivity contribution in [3.63, 3.8) is 0 Å². The fourth-order valence-electron chi connectivity index (χ4n) is 1.37. The molecule has 18 heavy (non-hydrogen) atoms. The third kappa shape index (κ3) is 4.54. The summed E-state index contributed by atoms with van der Waals surface area (Å²) in [5.74, 6) is -3.83. The summed E-state index contributed by atoms with van der Waals surface area (Å²) in [6.07, 6.45) is -0.187. The number of esters is 1. The summed E-state index contributed by atoms with van der Waals surface area (Å²) in [5.41, 5.74) is 5.49. The quantitative estimate of drug-likeness (QED) is 0.679. The maximum absolute atomic E-state index is 13.2. The first-order valence-electron chi connectivity index (χ1n) is 4.90. The van der Waals surface area contributed by atoms with Gasteiger partial charge in [0.15, 0.2) is 11.6 Å². The Morgan fingerprint density at radius 2 is 1.83 bits per heavy atom. The van der Waals surface area contributed by atoms with Gasteiger partial charge in [-0.2, -0.15) is 0 Å². The fourth-order valence-corrected chi connectivity index (χ4v) is 1.37. The second kappa shape index (κ2) is 7.23. The van der Waals surface area contributed by atoms with E-state index < -0.39 is 29.5 Å². The SMILES string of the molecule is COC(=O)C[C@H](N)Cc1cc(F)c(F)cc1F.Cl. The van der Waals surface area contributed by atoms with Gasteiger partial charge in [0.05, 0.1) is 13.5 Å². The molecule has 0 bridgehead atoms. The van der Waals surface area contributed by atoms with Gasteiger partial charge in [0.1, 0.15) is 5.82 Å². The highest BCUT2D eigenvalue weighted by Crippen LogP contribution is 2.15. The van der Waals surface area contributed by atoms with Gasteiger partial charge in [-0.15, -0.1) is 12.4 Å². The Labute approximate surface area is 109 Å². The Morgan fingerprint density at radius 3 is 2.39 bits per heavy atom. The summed E-state index contributed by atoms with van der Waals surface area (Å²) in [6, 6.07) is 0.485. The van der Waals surface area contributed by atoms with E-state index in [-0.39, 0.29) is 30.8 Å². The summed E-state index contributed by atoms with van der Waals surface area (Å²) in [4.78, 5) is 10.9. The average molecular weight is 284 g/mol. The van der Waals surface area contributed by atoms with Gasteiger partial charge in [0.2, 0.25) is 0 Å². The lowest BCUT2D eigenvalue weighted by molar-refractivity contribution is -0.140. The molecule has 0 aliphatic carbocycles. The molecule has 0 radical (unpaired) electrons. The molecule has 0 unspecified atom stereocenters. The highest BCUT2D eigenvalue weighted by atomic mass is 35.5. The van der Waals surface area contributed by atoms with Crippen molar-refractivity contribution < 1.29 is 22.7 Å². The van der Waals surface area contributed by atoms with Crippen LogP contribution in [0.5, 0.6) is 0 Å². The fraction of sp³-hybridized carbons (Fsp3) is 0.364. The molecule has 0 amide bonds. The predicted octanol–water partition coefficient (Wildman–Crippen LogP) is 1.96. The van der Waals surface area contributed by atoms with E-state index in [0.717, 1.165) is 6.07 Å². The van der Waals surface area contributed by atoms with E-state index in [1.807, 2.05) is 0 Å². The topological polar surface area (TPSA) is 52.3 Å². The van der Waals surface area contributed by atoms with E-state index in [0.29, 0.717) is 6.07 Å². The number of hydrogen-bond donors (Lipinski definition) is 1. The van der Waals surface area contributed by atoms with Crippen LogP contribution in [0.25, 0.3) is 0 Å². The molecule has 7 heteroatoms. The van der Waals surface area contributed by atoms with Crippen LogP contribution in [0, 0.1) is 17.5 Å². The second-order valence-electron chi connectivity index (χ2n) is 3.60. The van der Waals surface area contributed by atoms with Crippen molar-refractivity contribution in [3.05, 3.63) is 35.1 Å². The van der Waals surface area contributed by atoms with E-state index in [2.05, 4.69) is 4.74 Å². The van der Waals surface area contributed by atoms with Crippen molar-refractivity contribution in [2.24, 2.45) is 5.73 Å². The van der Waals surface area contributed by atoms with Crippen LogP contribution in [-0.2, 0) is 16.0 Å². The zero-order valence-electron chi connectivity index (χ0n) is 9.58. The first kappa shape index (κ1) is 16.7. The molecular weight excluding hydrogens is 271 g/mol. The number of benzene rings is 1. The van der Waals surface area contributed by atoms with Gasteiger partial charge in [-0.3, -0.25) is 4.79 Å². The molecule has 102 valence electrons. The number of rotatable bonds is 4. The lowest BCUT2D eigenvalue weighted by Gasteiger charge is -2.11. The monoisotopic (exact) mass is 283 g/mol. The second-order valence-corrected chi connectivity index (χ2v) is 3.60. The van der Waals surface area contributed by atoms with Gasteiger partial charge in [-0.25, -0.2) is 13.2 Å². The number of nitrogens with two attached hydrogens (primary N) is 1. The molecule has 0 aliphatic rings. The van der Waals surface area contributed by atoms with E-state index >= 15 is 0 Å². The van der Waals surface area contributed by atoms with Crippen LogP contribution in [0.15, 0.2) is 12.1 Å². The van der Waals surface area contributed by atoms with Crippen LogP contribution < -0.4 is 5.73 Å². The van der Waals surface area contributed by atoms with Crippen molar-refractivity contribution in [2.45, 2.75) is 18.9 Å². The Bertz CT molecular complexity index is 429. The molecule has 1 atom stereocenters. The summed E-state index contributed by atoms with van der Waals surface area (Å²) < 4.78 is 43.1. The number of halogens is 4. The molecule has 3 nitrogen and oxygen atoms in total. The molecule has 0 heterocycles. The van der Waals surface area contributed by atoms with Crippen molar-refractivity contribution in [3.8, 4) is 0 Å². The molecule has 0 saturated carbocycles. The number of carbonyl (C=O) groups is 1. The van der Waals surface area contributed by atoms with Gasteiger partial charge in [-0.05, 0) is 18.1 Å². The smallest absolute Gasteiger partial charge is 0.307 e. The maximum atomic E-state index is 13.2. The highest BCUT2D eigenvalue weighted by Gasteiger charge is 2.15. The zero-order chi connectivity index (χ0) is 13.0. The molecule has 0 aromatic heterocycles. The summed E-state index contributed by atoms with van der Waals surface area (Å²) >= 11 is 0. The summed E-state index contributed by atoms with van der Waals surface area (Å²) in [7, 11) is 1.20. The average Bonchev–Trinajstić information content (AvgIpc) is 2.25. The molecule has 0 saturated heterocycles. The minimum Gasteiger partial charge on any atom is -0.469 e. The van der Waals surface area contributed by atoms with Crippen molar-refractivity contribution in [1.29, 1.82) is 0 Å². The Morgan fingerprint density at radius 1 is 1.28 bits per heavy atom. The predicted molar refractivity (Wildman–Crippen MR) is 61.9 cm³/mol. The lowest BCUT2D eigenvalue weighted by Crippen LogP contribution is -2.27. The number of methoxy groups -OCH3 is 1. The minimum atomic E-state index is -1.26. The number of hydrogen-bond acceptors (Lipinski definition) is 3. The number of ether oxygens (including phenoxy) is 1. The molecular formula is C11H13ClF3NO2. The normalized spacial score (nSPS) is 11.6. The first-order chi connectivity index (χ1) is 7.93. The molecule has 1 aromatic rings. The Hall–Kier alpha value is -1.27. The van der Waals surface area contributed by atoms with Crippen LogP contribution in [-0.4, -0.2) is 19.1 Å². The van der Waals surface area contributed by atoms with Gasteiger partial charge in [0, 0.05) is 12.1 Å². The molecule has 1 aromatic carbocycles. The van der Waals surface area contributed by atoms with E-state index in [1.165, 1.54) is 7.11 Å². The van der Waals surface area contributed by atoms with Gasteiger partial charge < -0.3 is 10.5 Å². The van der Waals surface area contributed by atoms with E-state index in [4.69, 9.17) is 5.73 Å². The third-order valence-corrected chi connectivity index (χ3v) is 2.23. The number of carbonyl (C=O) groups excluding carboxylic acids is 1. The van der Waals surface area contributed by atoms with Crippen LogP contribution >= 0.6 is 12.4 Å². The zero-order valence-corrected chi connectivity index (χ0v) is 10.4. The summed E-state index contributed by atoms with van der Waals surface area (Å²) in [5, 5.41) is 0. The molecule has 0 aliphatic heterocycles. The van der Waals surface area contributed by atoms with Crippen LogP contribution in [0.2, 0.25) is 0 Å². The third-order valence-electron chi connectivity index (χ3n) is 2.23. The van der Waals surface area contributed by atoms with Crippen molar-refractivity contribution in [1.82, 2.24) is 0 Å². The van der Waals surface area contributed by atoms with E-state index in [9.17, 15) is 18.0 Å². The maximum Gasteiger partial charge on any atom is 0.307 e. The molecule has 0 fully saturated rings. The van der Waals surface area contributed by atoms with Crippen molar-refractivity contribution >= 4 is 18.4 Å². The Kier molecular flexibility index (Phi) is 6.72. The molecule has 2 N–H and O–H groups in total. The summed E-state index contributed by atoms with van der Waals surface area (Å²) in [6.45, 7) is 0. The van der Waals surface area contributed by atoms with Crippen LogP contribution in [0.3, 0.4) is 0 Å². The van der Waals surface area contributed by atoms with Crippen LogP contribution in [0.4, 0.5) is 13.2 Å².